The predicted octanol–water partition coefficient (Wildman–Crippen LogP) is 5.47. The highest BCUT2D eigenvalue weighted by molar-refractivity contribution is 8.15. The van der Waals surface area contributed by atoms with E-state index in [4.69, 9.17) is 10.00 Å². The molecule has 2 nitrogen and oxygen atoms in total. The van der Waals surface area contributed by atoms with E-state index in [0.717, 1.165) is 12.1 Å². The van der Waals surface area contributed by atoms with Crippen molar-refractivity contribution in [2.24, 2.45) is 0 Å². The maximum absolute atomic E-state index is 13.4. The third kappa shape index (κ3) is 4.14. The maximum atomic E-state index is 13.4. The van der Waals surface area contributed by atoms with E-state index in [9.17, 15) is 13.2 Å². The Morgan fingerprint density at radius 2 is 1.96 bits per heavy atom. The van der Waals surface area contributed by atoms with Crippen molar-refractivity contribution in [2.45, 2.75) is 24.5 Å². The molecule has 0 aliphatic rings. The molecule has 120 valence electrons. The fourth-order valence-corrected chi connectivity index (χ4v) is 3.26. The van der Waals surface area contributed by atoms with Gasteiger partial charge in [-0.05, 0) is 49.7 Å². The standard InChI is InChI=1S/C17H14F3NOS/c1-3-23(17(19)20)15-4-5-16(11(2)6-15)22-14-8-12(10-21)7-13(18)9-14/h3-9,17H,1-2H3. The molecule has 0 aliphatic heterocycles. The summed E-state index contributed by atoms with van der Waals surface area (Å²) in [4.78, 5) is 0.518. The predicted molar refractivity (Wildman–Crippen MR) is 86.0 cm³/mol. The summed E-state index contributed by atoms with van der Waals surface area (Å²) in [5.41, 5.74) is 0.805. The van der Waals surface area contributed by atoms with Gasteiger partial charge in [0, 0.05) is 11.0 Å². The fraction of sp³-hybridized carbons (Fsp3) is 0.176. The highest BCUT2D eigenvalue weighted by Gasteiger charge is 2.13. The molecule has 1 unspecified atom stereocenters. The van der Waals surface area contributed by atoms with Gasteiger partial charge < -0.3 is 4.74 Å². The second-order valence-corrected chi connectivity index (χ2v) is 6.73. The van der Waals surface area contributed by atoms with E-state index in [1.165, 1.54) is 11.4 Å². The normalized spacial score (nSPS) is 12.2. The first kappa shape index (κ1) is 17.1. The molecule has 0 heterocycles. The number of benzene rings is 2. The quantitative estimate of drug-likeness (QED) is 0.693. The van der Waals surface area contributed by atoms with Gasteiger partial charge in [0.05, 0.1) is 11.6 Å². The number of nitriles is 1. The van der Waals surface area contributed by atoms with Crippen LogP contribution in [0.1, 0.15) is 18.1 Å². The minimum atomic E-state index is -2.45. The van der Waals surface area contributed by atoms with Crippen molar-refractivity contribution in [3.05, 3.63) is 53.3 Å². The molecule has 6 heteroatoms. The lowest BCUT2D eigenvalue weighted by Crippen LogP contribution is -1.93. The molecule has 0 radical (unpaired) electrons. The molecule has 0 amide bonds. The van der Waals surface area contributed by atoms with Gasteiger partial charge in [0.2, 0.25) is 0 Å². The third-order valence-corrected chi connectivity index (χ3v) is 4.78. The van der Waals surface area contributed by atoms with Crippen LogP contribution in [0.5, 0.6) is 11.5 Å². The zero-order valence-electron chi connectivity index (χ0n) is 12.5. The van der Waals surface area contributed by atoms with Crippen LogP contribution >= 0.6 is 10.5 Å². The van der Waals surface area contributed by atoms with Crippen LogP contribution in [0.4, 0.5) is 13.2 Å². The van der Waals surface area contributed by atoms with E-state index >= 15 is 0 Å². The van der Waals surface area contributed by atoms with Crippen LogP contribution in [-0.2, 0) is 0 Å². The number of rotatable bonds is 4. The van der Waals surface area contributed by atoms with Gasteiger partial charge in [0.25, 0.3) is 5.76 Å². The van der Waals surface area contributed by atoms with Crippen molar-refractivity contribution < 1.29 is 17.9 Å². The van der Waals surface area contributed by atoms with Gasteiger partial charge in [0.15, 0.2) is 0 Å². The van der Waals surface area contributed by atoms with E-state index in [0.29, 0.717) is 16.2 Å². The summed E-state index contributed by atoms with van der Waals surface area (Å²) in [5, 5.41) is 10.3. The van der Waals surface area contributed by atoms with E-state index in [-0.39, 0.29) is 11.3 Å². The molecular weight excluding hydrogens is 323 g/mol. The molecule has 2 aromatic carbocycles. The maximum Gasteiger partial charge on any atom is 0.283 e. The molecule has 0 saturated carbocycles. The minimum absolute atomic E-state index is 0.147. The monoisotopic (exact) mass is 337 g/mol. The molecule has 0 aromatic heterocycles. The second-order valence-electron chi connectivity index (χ2n) is 4.68. The molecule has 0 N–H and O–H groups in total. The first-order chi connectivity index (χ1) is 10.9. The average Bonchev–Trinajstić information content (AvgIpc) is 2.49. The van der Waals surface area contributed by atoms with Gasteiger partial charge >= 0.3 is 0 Å². The SMILES string of the molecule is C/C=S(\c1ccc(Oc2cc(F)cc(C#N)c2)c(C)c1)C(F)F. The summed E-state index contributed by atoms with van der Waals surface area (Å²) < 4.78 is 44.9. The molecule has 0 spiro atoms. The number of halogens is 3. The number of hydrogen-bond donors (Lipinski definition) is 0. The second kappa shape index (κ2) is 7.34. The third-order valence-electron chi connectivity index (χ3n) is 3.09. The van der Waals surface area contributed by atoms with Gasteiger partial charge in [-0.3, -0.25) is 0 Å². The summed E-state index contributed by atoms with van der Waals surface area (Å²) >= 11 is 0. The summed E-state index contributed by atoms with van der Waals surface area (Å²) in [6.45, 7) is 3.33. The van der Waals surface area contributed by atoms with Gasteiger partial charge in [0.1, 0.15) is 17.3 Å². The molecular formula is C17H14F3NOS. The van der Waals surface area contributed by atoms with Gasteiger partial charge in [-0.1, -0.05) is 15.9 Å². The lowest BCUT2D eigenvalue weighted by molar-refractivity contribution is 0.251. The average molecular weight is 337 g/mol. The number of alkyl halides is 2. The summed E-state index contributed by atoms with van der Waals surface area (Å²) in [6.07, 6.45) is 0. The summed E-state index contributed by atoms with van der Waals surface area (Å²) in [6, 6.07) is 10.3. The first-order valence-electron chi connectivity index (χ1n) is 6.73. The summed E-state index contributed by atoms with van der Waals surface area (Å²) in [7, 11) is -1.24. The van der Waals surface area contributed by atoms with Crippen molar-refractivity contribution in [1.82, 2.24) is 0 Å². The molecule has 1 atom stereocenters. The number of nitrogens with zero attached hydrogens (tertiary/aromatic N) is 1. The molecule has 0 aliphatic carbocycles. The van der Waals surface area contributed by atoms with Crippen LogP contribution in [-0.4, -0.2) is 11.1 Å². The Bertz CT molecular complexity index is 797. The van der Waals surface area contributed by atoms with Crippen LogP contribution in [0.3, 0.4) is 0 Å². The van der Waals surface area contributed by atoms with Crippen LogP contribution < -0.4 is 4.74 Å². The highest BCUT2D eigenvalue weighted by atomic mass is 32.2. The Kier molecular flexibility index (Phi) is 5.45. The summed E-state index contributed by atoms with van der Waals surface area (Å²) in [5.74, 6) is -2.41. The van der Waals surface area contributed by atoms with E-state index in [1.54, 1.807) is 32.0 Å². The van der Waals surface area contributed by atoms with E-state index in [1.807, 2.05) is 6.07 Å². The lowest BCUT2D eigenvalue weighted by atomic mass is 10.2. The van der Waals surface area contributed by atoms with Crippen molar-refractivity contribution in [3.63, 3.8) is 0 Å². The van der Waals surface area contributed by atoms with Crippen molar-refractivity contribution in [1.29, 1.82) is 5.26 Å². The minimum Gasteiger partial charge on any atom is -0.457 e. The Labute approximate surface area is 135 Å². The Morgan fingerprint density at radius 1 is 1.22 bits per heavy atom. The number of ether oxygens (including phenoxy) is 1. The molecule has 2 aromatic rings. The Balaban J connectivity index is 2.32. The van der Waals surface area contributed by atoms with Crippen molar-refractivity contribution in [3.8, 4) is 17.6 Å². The topological polar surface area (TPSA) is 33.0 Å². The number of aryl methyl sites for hydroxylation is 1. The zero-order chi connectivity index (χ0) is 17.0. The largest absolute Gasteiger partial charge is 0.457 e. The molecule has 0 fully saturated rings. The van der Waals surface area contributed by atoms with E-state index < -0.39 is 22.1 Å². The molecule has 0 bridgehead atoms. The Morgan fingerprint density at radius 3 is 2.52 bits per heavy atom. The van der Waals surface area contributed by atoms with Crippen LogP contribution in [0.2, 0.25) is 0 Å². The smallest absolute Gasteiger partial charge is 0.283 e. The van der Waals surface area contributed by atoms with Gasteiger partial charge in [-0.25, -0.2) is 4.39 Å². The molecule has 0 saturated heterocycles. The number of hydrogen-bond acceptors (Lipinski definition) is 2. The fourth-order valence-electron chi connectivity index (χ4n) is 2.04. The van der Waals surface area contributed by atoms with Gasteiger partial charge in [-0.15, -0.1) is 0 Å². The Hall–Kier alpha value is -2.26. The van der Waals surface area contributed by atoms with Crippen LogP contribution in [0, 0.1) is 24.1 Å². The van der Waals surface area contributed by atoms with Crippen molar-refractivity contribution in [2.75, 3.05) is 0 Å². The van der Waals surface area contributed by atoms with Gasteiger partial charge in [-0.2, -0.15) is 14.0 Å². The highest BCUT2D eigenvalue weighted by Crippen LogP contribution is 2.36. The van der Waals surface area contributed by atoms with Crippen molar-refractivity contribution >= 4 is 15.9 Å². The molecule has 2 rings (SSSR count). The van der Waals surface area contributed by atoms with E-state index in [2.05, 4.69) is 0 Å². The lowest BCUT2D eigenvalue weighted by Gasteiger charge is -2.13. The zero-order valence-corrected chi connectivity index (χ0v) is 13.3. The molecule has 23 heavy (non-hydrogen) atoms. The van der Waals surface area contributed by atoms with Crippen LogP contribution in [0.15, 0.2) is 41.3 Å². The van der Waals surface area contributed by atoms with Crippen LogP contribution in [0.25, 0.3) is 0 Å². The first-order valence-corrected chi connectivity index (χ1v) is 8.08.